The quantitative estimate of drug-likeness (QED) is 0.777. The zero-order valence-electron chi connectivity index (χ0n) is 13.0. The zero-order valence-corrected chi connectivity index (χ0v) is 13.0. The molecule has 0 radical (unpaired) electrons. The van der Waals surface area contributed by atoms with Gasteiger partial charge >= 0.3 is 0 Å². The molecule has 2 aromatic carbocycles. The van der Waals surface area contributed by atoms with Gasteiger partial charge in [0.1, 0.15) is 5.75 Å². The first-order chi connectivity index (χ1) is 10.3. The van der Waals surface area contributed by atoms with Gasteiger partial charge in [0.15, 0.2) is 0 Å². The molecular weight excluding hydrogens is 258 g/mol. The lowest BCUT2D eigenvalue weighted by Gasteiger charge is -2.20. The Kier molecular flexibility index (Phi) is 6.29. The van der Waals surface area contributed by atoms with Crippen molar-refractivity contribution >= 4 is 0 Å². The van der Waals surface area contributed by atoms with Crippen molar-refractivity contribution in [3.8, 4) is 5.75 Å². The van der Waals surface area contributed by atoms with Crippen LogP contribution in [0.5, 0.6) is 5.75 Å². The van der Waals surface area contributed by atoms with Crippen LogP contribution in [-0.2, 0) is 6.42 Å². The van der Waals surface area contributed by atoms with Crippen molar-refractivity contribution in [2.75, 3.05) is 13.7 Å². The summed E-state index contributed by atoms with van der Waals surface area (Å²) in [6.07, 6.45) is 3.16. The second kappa shape index (κ2) is 8.48. The van der Waals surface area contributed by atoms with Crippen LogP contribution in [0, 0.1) is 0 Å². The van der Waals surface area contributed by atoms with Crippen LogP contribution in [0.1, 0.15) is 36.9 Å². The monoisotopic (exact) mass is 283 g/mol. The Balaban J connectivity index is 2.06. The lowest BCUT2D eigenvalue weighted by molar-refractivity contribution is 0.310. The molecule has 0 saturated heterocycles. The van der Waals surface area contributed by atoms with E-state index in [1.54, 1.807) is 0 Å². The van der Waals surface area contributed by atoms with E-state index in [-0.39, 0.29) is 0 Å². The van der Waals surface area contributed by atoms with Gasteiger partial charge in [0, 0.05) is 11.6 Å². The van der Waals surface area contributed by atoms with Gasteiger partial charge in [0.25, 0.3) is 0 Å². The molecule has 0 spiro atoms. The van der Waals surface area contributed by atoms with Crippen LogP contribution < -0.4 is 10.1 Å². The fourth-order valence-corrected chi connectivity index (χ4v) is 2.52. The predicted octanol–water partition coefficient (Wildman–Crippen LogP) is 4.37. The van der Waals surface area contributed by atoms with Gasteiger partial charge in [-0.2, -0.15) is 0 Å². The third kappa shape index (κ3) is 4.61. The summed E-state index contributed by atoms with van der Waals surface area (Å²) < 4.78 is 5.88. The van der Waals surface area contributed by atoms with Crippen LogP contribution in [-0.4, -0.2) is 13.7 Å². The number of aryl methyl sites for hydroxylation is 1. The largest absolute Gasteiger partial charge is 0.493 e. The predicted molar refractivity (Wildman–Crippen MR) is 88.8 cm³/mol. The minimum Gasteiger partial charge on any atom is -0.493 e. The van der Waals surface area contributed by atoms with E-state index in [9.17, 15) is 0 Å². The van der Waals surface area contributed by atoms with Gasteiger partial charge < -0.3 is 10.1 Å². The van der Waals surface area contributed by atoms with Crippen LogP contribution in [0.4, 0.5) is 0 Å². The smallest absolute Gasteiger partial charge is 0.124 e. The zero-order chi connectivity index (χ0) is 14.9. The van der Waals surface area contributed by atoms with E-state index >= 15 is 0 Å². The Hall–Kier alpha value is -1.80. The van der Waals surface area contributed by atoms with Crippen molar-refractivity contribution in [3.63, 3.8) is 0 Å². The van der Waals surface area contributed by atoms with E-state index in [0.717, 1.165) is 31.6 Å². The van der Waals surface area contributed by atoms with Gasteiger partial charge in [-0.15, -0.1) is 0 Å². The maximum absolute atomic E-state index is 5.88. The molecule has 0 amide bonds. The highest BCUT2D eigenvalue weighted by Gasteiger charge is 2.14. The molecule has 1 unspecified atom stereocenters. The Morgan fingerprint density at radius 3 is 2.43 bits per heavy atom. The van der Waals surface area contributed by atoms with Crippen molar-refractivity contribution in [2.24, 2.45) is 0 Å². The molecule has 2 rings (SSSR count). The van der Waals surface area contributed by atoms with Crippen molar-refractivity contribution in [2.45, 2.75) is 32.2 Å². The Bertz CT molecular complexity index is 524. The van der Waals surface area contributed by atoms with Gasteiger partial charge in [-0.05, 0) is 37.9 Å². The number of rotatable bonds is 8. The third-order valence-corrected chi connectivity index (χ3v) is 3.67. The average Bonchev–Trinajstić information content (AvgIpc) is 2.55. The maximum Gasteiger partial charge on any atom is 0.124 e. The first kappa shape index (κ1) is 15.6. The van der Waals surface area contributed by atoms with Crippen LogP contribution in [0.15, 0.2) is 54.6 Å². The molecule has 112 valence electrons. The summed E-state index contributed by atoms with van der Waals surface area (Å²) in [5.74, 6) is 1.01. The fraction of sp³-hybridized carbons (Fsp3) is 0.368. The van der Waals surface area contributed by atoms with Crippen LogP contribution in [0.2, 0.25) is 0 Å². The van der Waals surface area contributed by atoms with Gasteiger partial charge in [0.2, 0.25) is 0 Å². The van der Waals surface area contributed by atoms with E-state index in [0.29, 0.717) is 6.04 Å². The number of para-hydroxylation sites is 1. The van der Waals surface area contributed by atoms with E-state index in [4.69, 9.17) is 4.74 Å². The molecule has 0 saturated carbocycles. The highest BCUT2D eigenvalue weighted by molar-refractivity contribution is 5.36. The number of nitrogens with one attached hydrogen (secondary N) is 1. The summed E-state index contributed by atoms with van der Waals surface area (Å²) in [7, 11) is 2.02. The number of benzene rings is 2. The van der Waals surface area contributed by atoms with Crippen LogP contribution in [0.3, 0.4) is 0 Å². The summed E-state index contributed by atoms with van der Waals surface area (Å²) in [6.45, 7) is 2.90. The maximum atomic E-state index is 5.88. The van der Waals surface area contributed by atoms with Crippen LogP contribution >= 0.6 is 0 Å². The second-order valence-electron chi connectivity index (χ2n) is 5.25. The Morgan fingerprint density at radius 1 is 1.00 bits per heavy atom. The molecule has 0 bridgehead atoms. The minimum absolute atomic E-state index is 0.318. The normalized spacial score (nSPS) is 12.1. The molecule has 0 aliphatic heterocycles. The van der Waals surface area contributed by atoms with E-state index in [1.165, 1.54) is 11.1 Å². The van der Waals surface area contributed by atoms with Gasteiger partial charge in [-0.1, -0.05) is 55.5 Å². The van der Waals surface area contributed by atoms with Gasteiger partial charge in [-0.25, -0.2) is 0 Å². The van der Waals surface area contributed by atoms with Gasteiger partial charge in [0.05, 0.1) is 6.61 Å². The molecule has 21 heavy (non-hydrogen) atoms. The first-order valence-corrected chi connectivity index (χ1v) is 7.78. The lowest BCUT2D eigenvalue weighted by atomic mass is 9.98. The third-order valence-electron chi connectivity index (χ3n) is 3.67. The highest BCUT2D eigenvalue weighted by atomic mass is 16.5. The Morgan fingerprint density at radius 2 is 1.71 bits per heavy atom. The molecule has 0 fully saturated rings. The average molecular weight is 283 g/mol. The molecule has 2 aromatic rings. The summed E-state index contributed by atoms with van der Waals surface area (Å²) in [5.41, 5.74) is 2.63. The SMILES string of the molecule is CCCOc1ccccc1C(CCc1ccccc1)NC. The standard InChI is InChI=1S/C19H25NO/c1-3-15-21-19-12-8-7-11-17(19)18(20-2)14-13-16-9-5-4-6-10-16/h4-12,18,20H,3,13-15H2,1-2H3. The summed E-state index contributed by atoms with van der Waals surface area (Å²) in [5, 5.41) is 3.43. The molecular formula is C19H25NO. The number of hydrogen-bond acceptors (Lipinski definition) is 2. The topological polar surface area (TPSA) is 21.3 Å². The van der Waals surface area contributed by atoms with E-state index < -0.39 is 0 Å². The highest BCUT2D eigenvalue weighted by Crippen LogP contribution is 2.28. The Labute approximate surface area is 128 Å². The molecule has 0 heterocycles. The minimum atomic E-state index is 0.318. The second-order valence-corrected chi connectivity index (χ2v) is 5.25. The van der Waals surface area contributed by atoms with Crippen LogP contribution in [0.25, 0.3) is 0 Å². The molecule has 1 N–H and O–H groups in total. The number of hydrogen-bond donors (Lipinski definition) is 1. The van der Waals surface area contributed by atoms with Crippen molar-refractivity contribution in [1.29, 1.82) is 0 Å². The molecule has 0 aromatic heterocycles. The first-order valence-electron chi connectivity index (χ1n) is 7.78. The van der Waals surface area contributed by atoms with Crippen molar-refractivity contribution < 1.29 is 4.74 Å². The van der Waals surface area contributed by atoms with E-state index in [1.807, 2.05) is 13.1 Å². The molecule has 2 heteroatoms. The summed E-state index contributed by atoms with van der Waals surface area (Å²) in [6, 6.07) is 19.3. The van der Waals surface area contributed by atoms with Gasteiger partial charge in [-0.3, -0.25) is 0 Å². The lowest BCUT2D eigenvalue weighted by Crippen LogP contribution is -2.18. The summed E-state index contributed by atoms with van der Waals surface area (Å²) in [4.78, 5) is 0. The number of ether oxygens (including phenoxy) is 1. The van der Waals surface area contributed by atoms with Crippen molar-refractivity contribution in [3.05, 3.63) is 65.7 Å². The molecule has 0 aliphatic carbocycles. The molecule has 0 aliphatic rings. The van der Waals surface area contributed by atoms with Crippen molar-refractivity contribution in [1.82, 2.24) is 5.32 Å². The molecule has 1 atom stereocenters. The fourth-order valence-electron chi connectivity index (χ4n) is 2.52. The van der Waals surface area contributed by atoms with E-state index in [2.05, 4.69) is 60.8 Å². The summed E-state index contributed by atoms with van der Waals surface area (Å²) >= 11 is 0. The molecule has 2 nitrogen and oxygen atoms in total.